The highest BCUT2D eigenvalue weighted by Crippen LogP contribution is 2.51. The fourth-order valence-corrected chi connectivity index (χ4v) is 3.50. The Balaban J connectivity index is 1.72. The molecule has 1 amide bonds. The van der Waals surface area contributed by atoms with E-state index in [1.807, 2.05) is 0 Å². The van der Waals surface area contributed by atoms with Crippen molar-refractivity contribution in [2.45, 2.75) is 31.4 Å². The average molecular weight is 341 g/mol. The first-order valence-corrected chi connectivity index (χ1v) is 7.96. The topological polar surface area (TPSA) is 57.6 Å². The predicted octanol–water partition coefficient (Wildman–Crippen LogP) is 3.13. The minimum atomic E-state index is -4.44. The molecule has 1 aliphatic carbocycles. The number of aliphatic carboxylic acids is 1. The molecule has 4 nitrogen and oxygen atoms in total. The number of carbonyl (C=O) groups is 2. The number of carboxylic acids is 1. The van der Waals surface area contributed by atoms with Gasteiger partial charge >= 0.3 is 12.1 Å². The monoisotopic (exact) mass is 341 g/mol. The van der Waals surface area contributed by atoms with Crippen LogP contribution in [0.2, 0.25) is 0 Å². The van der Waals surface area contributed by atoms with Crippen LogP contribution in [0.4, 0.5) is 13.2 Å². The highest BCUT2D eigenvalue weighted by Gasteiger charge is 2.49. The van der Waals surface area contributed by atoms with Gasteiger partial charge in [0.05, 0.1) is 11.5 Å². The molecule has 1 heterocycles. The summed E-state index contributed by atoms with van der Waals surface area (Å²) < 4.78 is 39.3. The molecule has 1 N–H and O–H groups in total. The Hall–Kier alpha value is -2.05. The molecule has 1 saturated heterocycles. The summed E-state index contributed by atoms with van der Waals surface area (Å²) in [7, 11) is 0. The maximum Gasteiger partial charge on any atom is 0.416 e. The van der Waals surface area contributed by atoms with E-state index in [0.29, 0.717) is 25.8 Å². The number of carboxylic acid groups (broad SMARTS) is 1. The first kappa shape index (κ1) is 16.8. The van der Waals surface area contributed by atoms with Gasteiger partial charge in [0.2, 0.25) is 5.91 Å². The molecule has 130 valence electrons. The standard InChI is InChI=1S/C17H18F3NO3/c18-17(19,20)14-6-2-1-5-11(14)12-8-13(12)15(22)21-7-3-4-10(9-21)16(23)24/h1-2,5-6,10,12-13H,3-4,7-9H2,(H,23,24). The van der Waals surface area contributed by atoms with Crippen molar-refractivity contribution in [2.75, 3.05) is 13.1 Å². The van der Waals surface area contributed by atoms with Gasteiger partial charge in [0, 0.05) is 19.0 Å². The van der Waals surface area contributed by atoms with E-state index in [-0.39, 0.29) is 18.0 Å². The molecular formula is C17H18F3NO3. The number of alkyl halides is 3. The molecule has 24 heavy (non-hydrogen) atoms. The Morgan fingerprint density at radius 2 is 1.92 bits per heavy atom. The van der Waals surface area contributed by atoms with Crippen molar-refractivity contribution in [2.24, 2.45) is 11.8 Å². The van der Waals surface area contributed by atoms with Crippen molar-refractivity contribution >= 4 is 11.9 Å². The molecule has 1 aromatic rings. The fraction of sp³-hybridized carbons (Fsp3) is 0.529. The van der Waals surface area contributed by atoms with Gasteiger partial charge in [-0.25, -0.2) is 0 Å². The summed E-state index contributed by atoms with van der Waals surface area (Å²) in [4.78, 5) is 25.1. The average Bonchev–Trinajstić information content (AvgIpc) is 3.34. The van der Waals surface area contributed by atoms with E-state index in [0.717, 1.165) is 6.07 Å². The van der Waals surface area contributed by atoms with Crippen LogP contribution in [0.15, 0.2) is 24.3 Å². The molecule has 0 radical (unpaired) electrons. The zero-order valence-corrected chi connectivity index (χ0v) is 12.9. The van der Waals surface area contributed by atoms with Gasteiger partial charge < -0.3 is 10.0 Å². The Kier molecular flexibility index (Phi) is 4.27. The number of nitrogens with zero attached hydrogens (tertiary/aromatic N) is 1. The van der Waals surface area contributed by atoms with Crippen molar-refractivity contribution in [1.82, 2.24) is 4.90 Å². The van der Waals surface area contributed by atoms with Crippen LogP contribution >= 0.6 is 0 Å². The van der Waals surface area contributed by atoms with Crippen LogP contribution in [0.3, 0.4) is 0 Å². The zero-order valence-electron chi connectivity index (χ0n) is 12.9. The van der Waals surface area contributed by atoms with Gasteiger partial charge in [-0.15, -0.1) is 0 Å². The number of piperidine rings is 1. The number of rotatable bonds is 3. The van der Waals surface area contributed by atoms with Crippen molar-refractivity contribution in [3.05, 3.63) is 35.4 Å². The van der Waals surface area contributed by atoms with E-state index < -0.39 is 35.5 Å². The van der Waals surface area contributed by atoms with Crippen molar-refractivity contribution < 1.29 is 27.9 Å². The van der Waals surface area contributed by atoms with Crippen LogP contribution in [0.5, 0.6) is 0 Å². The third kappa shape index (κ3) is 3.25. The number of amides is 1. The summed E-state index contributed by atoms with van der Waals surface area (Å²) >= 11 is 0. The van der Waals surface area contributed by atoms with E-state index in [9.17, 15) is 22.8 Å². The number of hydrogen-bond acceptors (Lipinski definition) is 2. The molecule has 0 bridgehead atoms. The minimum Gasteiger partial charge on any atom is -0.481 e. The second-order valence-electron chi connectivity index (χ2n) is 6.50. The quantitative estimate of drug-likeness (QED) is 0.919. The maximum atomic E-state index is 13.1. The molecule has 2 aliphatic rings. The molecule has 1 aliphatic heterocycles. The summed E-state index contributed by atoms with van der Waals surface area (Å²) in [6.07, 6.45) is -2.91. The highest BCUT2D eigenvalue weighted by atomic mass is 19.4. The van der Waals surface area contributed by atoms with Gasteiger partial charge in [-0.05, 0) is 36.8 Å². The lowest BCUT2D eigenvalue weighted by Gasteiger charge is -2.31. The SMILES string of the molecule is O=C(O)C1CCCN(C(=O)C2CC2c2ccccc2C(F)(F)F)C1. The number of carbonyl (C=O) groups excluding carboxylic acids is 1. The first-order valence-electron chi connectivity index (χ1n) is 7.96. The van der Waals surface area contributed by atoms with Crippen LogP contribution in [-0.4, -0.2) is 35.0 Å². The Bertz CT molecular complexity index is 659. The van der Waals surface area contributed by atoms with E-state index in [4.69, 9.17) is 5.11 Å². The smallest absolute Gasteiger partial charge is 0.416 e. The van der Waals surface area contributed by atoms with Crippen LogP contribution < -0.4 is 0 Å². The summed E-state index contributed by atoms with van der Waals surface area (Å²) in [6.45, 7) is 0.630. The maximum absolute atomic E-state index is 13.1. The van der Waals surface area contributed by atoms with E-state index in [1.54, 1.807) is 6.07 Å². The minimum absolute atomic E-state index is 0.151. The van der Waals surface area contributed by atoms with Crippen LogP contribution in [0.1, 0.15) is 36.3 Å². The number of likely N-dealkylation sites (tertiary alicyclic amines) is 1. The van der Waals surface area contributed by atoms with E-state index in [2.05, 4.69) is 0 Å². The molecule has 3 unspecified atom stereocenters. The van der Waals surface area contributed by atoms with Crippen LogP contribution in [0.25, 0.3) is 0 Å². The molecule has 0 spiro atoms. The number of halogens is 3. The van der Waals surface area contributed by atoms with E-state index >= 15 is 0 Å². The molecule has 7 heteroatoms. The molecule has 3 rings (SSSR count). The molecule has 3 atom stereocenters. The number of hydrogen-bond donors (Lipinski definition) is 1. The van der Waals surface area contributed by atoms with Gasteiger partial charge in [0.25, 0.3) is 0 Å². The second kappa shape index (κ2) is 6.11. The summed E-state index contributed by atoms with van der Waals surface area (Å²) in [5, 5.41) is 9.08. The fourth-order valence-electron chi connectivity index (χ4n) is 3.50. The predicted molar refractivity (Wildman–Crippen MR) is 79.2 cm³/mol. The number of benzene rings is 1. The van der Waals surface area contributed by atoms with Gasteiger partial charge in [-0.3, -0.25) is 9.59 Å². The second-order valence-corrected chi connectivity index (χ2v) is 6.50. The lowest BCUT2D eigenvalue weighted by molar-refractivity contribution is -0.146. The summed E-state index contributed by atoms with van der Waals surface area (Å²) in [6, 6.07) is 5.35. The van der Waals surface area contributed by atoms with Crippen LogP contribution in [-0.2, 0) is 15.8 Å². The zero-order chi connectivity index (χ0) is 17.5. The molecular weight excluding hydrogens is 323 g/mol. The van der Waals surface area contributed by atoms with Crippen LogP contribution in [0, 0.1) is 11.8 Å². The van der Waals surface area contributed by atoms with Crippen molar-refractivity contribution in [1.29, 1.82) is 0 Å². The molecule has 1 saturated carbocycles. The van der Waals surface area contributed by atoms with Gasteiger partial charge in [-0.1, -0.05) is 18.2 Å². The lowest BCUT2D eigenvalue weighted by Crippen LogP contribution is -2.43. The normalized spacial score (nSPS) is 27.0. The highest BCUT2D eigenvalue weighted by molar-refractivity contribution is 5.84. The Morgan fingerprint density at radius 3 is 2.58 bits per heavy atom. The lowest BCUT2D eigenvalue weighted by atomic mass is 9.97. The molecule has 2 fully saturated rings. The third-order valence-electron chi connectivity index (χ3n) is 4.86. The Morgan fingerprint density at radius 1 is 1.21 bits per heavy atom. The van der Waals surface area contributed by atoms with Crippen molar-refractivity contribution in [3.63, 3.8) is 0 Å². The van der Waals surface area contributed by atoms with Gasteiger partial charge in [0.15, 0.2) is 0 Å². The van der Waals surface area contributed by atoms with Gasteiger partial charge in [0.1, 0.15) is 0 Å². The van der Waals surface area contributed by atoms with E-state index in [1.165, 1.54) is 17.0 Å². The molecule has 0 aromatic heterocycles. The first-order chi connectivity index (χ1) is 11.3. The summed E-state index contributed by atoms with van der Waals surface area (Å²) in [5.41, 5.74) is -0.525. The third-order valence-corrected chi connectivity index (χ3v) is 4.86. The molecule has 1 aromatic carbocycles. The Labute approximate surface area is 137 Å². The largest absolute Gasteiger partial charge is 0.481 e. The van der Waals surface area contributed by atoms with Gasteiger partial charge in [-0.2, -0.15) is 13.2 Å². The summed E-state index contributed by atoms with van der Waals surface area (Å²) in [5.74, 6) is -2.63. The van der Waals surface area contributed by atoms with Crippen molar-refractivity contribution in [3.8, 4) is 0 Å².